The third-order valence-corrected chi connectivity index (χ3v) is 4.32. The Labute approximate surface area is 170 Å². The van der Waals surface area contributed by atoms with E-state index in [1.807, 2.05) is 14.0 Å². The van der Waals surface area contributed by atoms with Crippen molar-refractivity contribution in [1.29, 1.82) is 0 Å². The normalized spacial score (nSPS) is 11.1. The molecular weight excluding hydrogens is 449 g/mol. The summed E-state index contributed by atoms with van der Waals surface area (Å²) in [4.78, 5) is 11.9. The smallest absolute Gasteiger partial charge is 0.226 e. The number of rotatable bonds is 7. The number of guanidine groups is 1. The number of hydrogen-bond acceptors (Lipinski definition) is 5. The first-order valence-electron chi connectivity index (χ1n) is 7.96. The van der Waals surface area contributed by atoms with Gasteiger partial charge in [-0.25, -0.2) is 0 Å². The number of aryl methyl sites for hydroxylation is 2. The van der Waals surface area contributed by atoms with Crippen molar-refractivity contribution in [2.24, 2.45) is 4.99 Å². The molecule has 0 aliphatic carbocycles. The Balaban J connectivity index is 0.00000312. The first-order chi connectivity index (χ1) is 11.6. The molecule has 0 radical (unpaired) electrons. The molecule has 25 heavy (non-hydrogen) atoms. The van der Waals surface area contributed by atoms with Crippen LogP contribution in [0.4, 0.5) is 0 Å². The lowest BCUT2D eigenvalue weighted by atomic mass is 10.2. The van der Waals surface area contributed by atoms with Gasteiger partial charge >= 0.3 is 0 Å². The van der Waals surface area contributed by atoms with Crippen molar-refractivity contribution in [3.63, 3.8) is 0 Å². The van der Waals surface area contributed by atoms with Crippen LogP contribution in [0, 0.1) is 6.92 Å². The van der Waals surface area contributed by atoms with E-state index < -0.39 is 0 Å². The van der Waals surface area contributed by atoms with Gasteiger partial charge in [0.05, 0.1) is 0 Å². The van der Waals surface area contributed by atoms with Crippen molar-refractivity contribution in [1.82, 2.24) is 20.4 Å². The van der Waals surface area contributed by atoms with Gasteiger partial charge in [0.2, 0.25) is 5.89 Å². The van der Waals surface area contributed by atoms with E-state index in [1.165, 1.54) is 10.5 Å². The average Bonchev–Trinajstić information content (AvgIpc) is 3.01. The number of halogens is 1. The monoisotopic (exact) mass is 475 g/mol. The minimum atomic E-state index is 0. The molecule has 138 valence electrons. The lowest BCUT2D eigenvalue weighted by molar-refractivity contribution is 0.371. The zero-order valence-electron chi connectivity index (χ0n) is 15.2. The third-order valence-electron chi connectivity index (χ3n) is 3.57. The molecule has 0 amide bonds. The van der Waals surface area contributed by atoms with E-state index >= 15 is 0 Å². The van der Waals surface area contributed by atoms with Gasteiger partial charge in [0.25, 0.3) is 0 Å². The van der Waals surface area contributed by atoms with Crippen LogP contribution in [0.3, 0.4) is 0 Å². The third kappa shape index (κ3) is 7.23. The molecule has 0 saturated carbocycles. The van der Waals surface area contributed by atoms with E-state index in [1.54, 1.807) is 18.8 Å². The van der Waals surface area contributed by atoms with Crippen molar-refractivity contribution in [2.45, 2.75) is 31.2 Å². The van der Waals surface area contributed by atoms with Gasteiger partial charge in [0.15, 0.2) is 11.8 Å². The summed E-state index contributed by atoms with van der Waals surface area (Å²) in [6.45, 7) is 3.45. The van der Waals surface area contributed by atoms with Gasteiger partial charge in [-0.15, -0.1) is 35.7 Å². The molecule has 2 rings (SSSR count). The zero-order chi connectivity index (χ0) is 17.4. The van der Waals surface area contributed by atoms with Gasteiger partial charge in [-0.1, -0.05) is 17.3 Å². The van der Waals surface area contributed by atoms with Gasteiger partial charge < -0.3 is 14.7 Å². The Bertz CT molecular complexity index is 659. The number of nitrogens with one attached hydrogen (secondary N) is 1. The first-order valence-corrected chi connectivity index (χ1v) is 9.18. The summed E-state index contributed by atoms with van der Waals surface area (Å²) in [5, 5.41) is 7.17. The molecule has 1 N–H and O–H groups in total. The summed E-state index contributed by atoms with van der Waals surface area (Å²) in [6.07, 6.45) is 3.77. The number of benzene rings is 1. The maximum atomic E-state index is 5.11. The van der Waals surface area contributed by atoms with E-state index in [2.05, 4.69) is 55.9 Å². The topological polar surface area (TPSA) is 66.5 Å². The van der Waals surface area contributed by atoms with Crippen LogP contribution in [0.1, 0.15) is 23.7 Å². The van der Waals surface area contributed by atoms with E-state index in [0.29, 0.717) is 11.7 Å². The molecular formula is C17H26IN5OS. The van der Waals surface area contributed by atoms with Crippen molar-refractivity contribution in [3.05, 3.63) is 41.5 Å². The van der Waals surface area contributed by atoms with Gasteiger partial charge in [-0.05, 0) is 37.3 Å². The Morgan fingerprint density at radius 1 is 1.32 bits per heavy atom. The van der Waals surface area contributed by atoms with Crippen molar-refractivity contribution >= 4 is 41.7 Å². The summed E-state index contributed by atoms with van der Waals surface area (Å²) in [5.41, 5.74) is 1.26. The fourth-order valence-electron chi connectivity index (χ4n) is 2.35. The van der Waals surface area contributed by atoms with Crippen LogP contribution in [0.15, 0.2) is 38.7 Å². The maximum absolute atomic E-state index is 5.11. The summed E-state index contributed by atoms with van der Waals surface area (Å²) in [6, 6.07) is 8.62. The highest BCUT2D eigenvalue weighted by molar-refractivity contribution is 14.0. The second-order valence-electron chi connectivity index (χ2n) is 5.52. The molecule has 0 bridgehead atoms. The number of hydrogen-bond donors (Lipinski definition) is 1. The van der Waals surface area contributed by atoms with Gasteiger partial charge in [-0.3, -0.25) is 4.99 Å². The van der Waals surface area contributed by atoms with Gasteiger partial charge in [0.1, 0.15) is 0 Å². The molecule has 0 saturated heterocycles. The van der Waals surface area contributed by atoms with Crippen LogP contribution in [0.5, 0.6) is 0 Å². The minimum absolute atomic E-state index is 0. The fraction of sp³-hybridized carbons (Fsp3) is 0.471. The Hall–Kier alpha value is -1.29. The first kappa shape index (κ1) is 21.8. The molecule has 1 aromatic carbocycles. The Morgan fingerprint density at radius 2 is 2.04 bits per heavy atom. The highest BCUT2D eigenvalue weighted by atomic mass is 127. The number of aromatic nitrogens is 2. The second kappa shape index (κ2) is 11.3. The number of aliphatic imine (C=N–C) groups is 1. The Kier molecular flexibility index (Phi) is 9.88. The molecule has 1 heterocycles. The summed E-state index contributed by atoms with van der Waals surface area (Å²) < 4.78 is 5.11. The predicted octanol–water partition coefficient (Wildman–Crippen LogP) is 3.36. The summed E-state index contributed by atoms with van der Waals surface area (Å²) >= 11 is 1.75. The highest BCUT2D eigenvalue weighted by Crippen LogP contribution is 2.15. The van der Waals surface area contributed by atoms with Crippen molar-refractivity contribution < 1.29 is 4.52 Å². The summed E-state index contributed by atoms with van der Waals surface area (Å²) in [7, 11) is 3.84. The van der Waals surface area contributed by atoms with Gasteiger partial charge in [-0.2, -0.15) is 4.98 Å². The zero-order valence-corrected chi connectivity index (χ0v) is 18.3. The second-order valence-corrected chi connectivity index (χ2v) is 6.40. The van der Waals surface area contributed by atoms with Crippen LogP contribution >= 0.6 is 35.7 Å². The fourth-order valence-corrected chi connectivity index (χ4v) is 2.75. The lowest BCUT2D eigenvalue weighted by Crippen LogP contribution is -2.39. The SMILES string of the molecule is CN=C(NCCCc1nc(C)no1)N(C)Cc1ccc(SC)cc1.I. The number of thioether (sulfide) groups is 1. The highest BCUT2D eigenvalue weighted by Gasteiger charge is 2.07. The molecule has 6 nitrogen and oxygen atoms in total. The molecule has 2 aromatic rings. The number of nitrogens with zero attached hydrogens (tertiary/aromatic N) is 4. The maximum Gasteiger partial charge on any atom is 0.226 e. The van der Waals surface area contributed by atoms with Crippen LogP contribution in [0.25, 0.3) is 0 Å². The molecule has 0 aliphatic rings. The van der Waals surface area contributed by atoms with E-state index in [9.17, 15) is 0 Å². The molecule has 0 spiro atoms. The van der Waals surface area contributed by atoms with E-state index in [4.69, 9.17) is 4.52 Å². The van der Waals surface area contributed by atoms with Crippen LogP contribution in [0.2, 0.25) is 0 Å². The molecule has 1 aromatic heterocycles. The standard InChI is InChI=1S/C17H25N5OS.HI/c1-13-20-16(23-21-13)6-5-11-19-17(18-2)22(3)12-14-7-9-15(24-4)10-8-14;/h7-10H,5-6,11-12H2,1-4H3,(H,18,19);1H. The van der Waals surface area contributed by atoms with Crippen LogP contribution < -0.4 is 5.32 Å². The van der Waals surface area contributed by atoms with E-state index in [0.717, 1.165) is 31.9 Å². The quantitative estimate of drug-likeness (QED) is 0.218. The van der Waals surface area contributed by atoms with E-state index in [-0.39, 0.29) is 24.0 Å². The van der Waals surface area contributed by atoms with Crippen molar-refractivity contribution in [3.8, 4) is 0 Å². The molecule has 0 unspecified atom stereocenters. The minimum Gasteiger partial charge on any atom is -0.356 e. The largest absolute Gasteiger partial charge is 0.356 e. The Morgan fingerprint density at radius 3 is 2.60 bits per heavy atom. The average molecular weight is 475 g/mol. The summed E-state index contributed by atoms with van der Waals surface area (Å²) in [5.74, 6) is 2.25. The van der Waals surface area contributed by atoms with Gasteiger partial charge in [0, 0.05) is 38.5 Å². The van der Waals surface area contributed by atoms with Crippen LogP contribution in [-0.2, 0) is 13.0 Å². The molecule has 0 fully saturated rings. The molecule has 8 heteroatoms. The predicted molar refractivity (Wildman–Crippen MR) is 114 cm³/mol. The lowest BCUT2D eigenvalue weighted by Gasteiger charge is -2.22. The van der Waals surface area contributed by atoms with Crippen LogP contribution in [-0.4, -0.2) is 47.9 Å². The van der Waals surface area contributed by atoms with Crippen molar-refractivity contribution in [2.75, 3.05) is 26.9 Å². The molecule has 0 atom stereocenters. The molecule has 0 aliphatic heterocycles.